The van der Waals surface area contributed by atoms with E-state index in [-0.39, 0.29) is 6.10 Å². The van der Waals surface area contributed by atoms with E-state index in [9.17, 15) is 5.11 Å². The molecule has 1 heteroatoms. The first-order valence-electron chi connectivity index (χ1n) is 6.11. The van der Waals surface area contributed by atoms with Crippen LogP contribution in [0.4, 0.5) is 0 Å². The molecule has 1 aliphatic carbocycles. The Morgan fingerprint density at radius 3 is 1.57 bits per heavy atom. The van der Waals surface area contributed by atoms with Crippen LogP contribution in [0, 0.1) is 29.6 Å². The average molecular weight is 198 g/mol. The second-order valence-corrected chi connectivity index (χ2v) is 5.88. The fraction of sp³-hybridized carbons (Fsp3) is 1.00. The van der Waals surface area contributed by atoms with Crippen molar-refractivity contribution < 1.29 is 5.11 Å². The van der Waals surface area contributed by atoms with E-state index < -0.39 is 0 Å². The maximum Gasteiger partial charge on any atom is 0.0601 e. The van der Waals surface area contributed by atoms with Crippen molar-refractivity contribution in [3.05, 3.63) is 0 Å². The van der Waals surface area contributed by atoms with Crippen LogP contribution >= 0.6 is 0 Å². The minimum absolute atomic E-state index is 0.0637. The summed E-state index contributed by atoms with van der Waals surface area (Å²) in [5.74, 6) is 3.07. The topological polar surface area (TPSA) is 20.2 Å². The van der Waals surface area contributed by atoms with E-state index in [4.69, 9.17) is 0 Å². The van der Waals surface area contributed by atoms with Crippen molar-refractivity contribution in [2.45, 2.75) is 53.6 Å². The summed E-state index contributed by atoms with van der Waals surface area (Å²) in [7, 11) is 0. The quantitative estimate of drug-likeness (QED) is 0.721. The Kier molecular flexibility index (Phi) is 4.00. The molecule has 0 spiro atoms. The zero-order valence-corrected chi connectivity index (χ0v) is 10.3. The molecule has 0 aromatic rings. The summed E-state index contributed by atoms with van der Waals surface area (Å²) in [5, 5.41) is 10.3. The Hall–Kier alpha value is -0.0400. The summed E-state index contributed by atoms with van der Waals surface area (Å²) in [5.41, 5.74) is 0. The van der Waals surface area contributed by atoms with Gasteiger partial charge in [0.1, 0.15) is 0 Å². The molecule has 0 radical (unpaired) electrons. The molecule has 0 amide bonds. The van der Waals surface area contributed by atoms with Gasteiger partial charge in [-0.2, -0.15) is 0 Å². The van der Waals surface area contributed by atoms with Crippen LogP contribution < -0.4 is 0 Å². The molecule has 1 nitrogen and oxygen atoms in total. The molecule has 0 aromatic carbocycles. The highest BCUT2D eigenvalue weighted by Crippen LogP contribution is 2.40. The Morgan fingerprint density at radius 2 is 1.29 bits per heavy atom. The summed E-state index contributed by atoms with van der Waals surface area (Å²) < 4.78 is 0. The molecule has 0 bridgehead atoms. The molecule has 0 aliphatic heterocycles. The largest absolute Gasteiger partial charge is 0.393 e. The van der Waals surface area contributed by atoms with Gasteiger partial charge in [-0.15, -0.1) is 0 Å². The van der Waals surface area contributed by atoms with Gasteiger partial charge in [-0.3, -0.25) is 0 Å². The first kappa shape index (κ1) is 12.0. The molecule has 2 unspecified atom stereocenters. The SMILES string of the molecule is CC1CC(C(C)C)C(O)C(C(C)C)C1. The minimum Gasteiger partial charge on any atom is -0.393 e. The lowest BCUT2D eigenvalue weighted by Crippen LogP contribution is -2.41. The lowest BCUT2D eigenvalue weighted by Gasteiger charge is -2.42. The predicted octanol–water partition coefficient (Wildman–Crippen LogP) is 3.32. The van der Waals surface area contributed by atoms with Crippen LogP contribution in [0.1, 0.15) is 47.5 Å². The Labute approximate surface area is 88.9 Å². The molecule has 14 heavy (non-hydrogen) atoms. The fourth-order valence-corrected chi connectivity index (χ4v) is 2.95. The van der Waals surface area contributed by atoms with Crippen molar-refractivity contribution in [1.29, 1.82) is 0 Å². The number of hydrogen-bond acceptors (Lipinski definition) is 1. The van der Waals surface area contributed by atoms with E-state index >= 15 is 0 Å². The number of aliphatic hydroxyl groups excluding tert-OH is 1. The molecule has 1 rings (SSSR count). The van der Waals surface area contributed by atoms with Gasteiger partial charge < -0.3 is 5.11 Å². The first-order chi connectivity index (χ1) is 6.43. The maximum atomic E-state index is 10.3. The van der Waals surface area contributed by atoms with Gasteiger partial charge in [0.05, 0.1) is 6.10 Å². The molecule has 1 N–H and O–H groups in total. The van der Waals surface area contributed by atoms with Gasteiger partial charge >= 0.3 is 0 Å². The summed E-state index contributed by atoms with van der Waals surface area (Å²) in [6.45, 7) is 11.3. The number of rotatable bonds is 2. The van der Waals surface area contributed by atoms with E-state index in [1.807, 2.05) is 0 Å². The molecule has 0 aromatic heterocycles. The highest BCUT2D eigenvalue weighted by atomic mass is 16.3. The standard InChI is InChI=1S/C13H26O/c1-8(2)11-6-10(5)7-12(9(3)4)13(11)14/h8-14H,6-7H2,1-5H3. The average Bonchev–Trinajstić information content (AvgIpc) is 2.07. The summed E-state index contributed by atoms with van der Waals surface area (Å²) in [6, 6.07) is 0. The Bertz CT molecular complexity index is 156. The number of aliphatic hydroxyl groups is 1. The van der Waals surface area contributed by atoms with Crippen LogP contribution in [-0.2, 0) is 0 Å². The highest BCUT2D eigenvalue weighted by molar-refractivity contribution is 4.87. The predicted molar refractivity (Wildman–Crippen MR) is 61.1 cm³/mol. The second-order valence-electron chi connectivity index (χ2n) is 5.88. The zero-order chi connectivity index (χ0) is 10.9. The van der Waals surface area contributed by atoms with Crippen molar-refractivity contribution in [3.8, 4) is 0 Å². The van der Waals surface area contributed by atoms with Crippen LogP contribution in [0.2, 0.25) is 0 Å². The monoisotopic (exact) mass is 198 g/mol. The van der Waals surface area contributed by atoms with Crippen LogP contribution in [0.15, 0.2) is 0 Å². The van der Waals surface area contributed by atoms with Gasteiger partial charge in [-0.05, 0) is 42.4 Å². The summed E-state index contributed by atoms with van der Waals surface area (Å²) in [6.07, 6.45) is 2.36. The zero-order valence-electron chi connectivity index (χ0n) is 10.3. The summed E-state index contributed by atoms with van der Waals surface area (Å²) >= 11 is 0. The van der Waals surface area contributed by atoms with E-state index in [0.717, 1.165) is 5.92 Å². The maximum absolute atomic E-state index is 10.3. The molecule has 1 fully saturated rings. The Morgan fingerprint density at radius 1 is 0.929 bits per heavy atom. The molecule has 0 saturated heterocycles. The molecule has 0 heterocycles. The van der Waals surface area contributed by atoms with Crippen molar-refractivity contribution in [1.82, 2.24) is 0 Å². The van der Waals surface area contributed by atoms with Crippen LogP contribution in [-0.4, -0.2) is 11.2 Å². The van der Waals surface area contributed by atoms with Gasteiger partial charge in [0.25, 0.3) is 0 Å². The molecule has 84 valence electrons. The molecule has 1 saturated carbocycles. The number of hydrogen-bond donors (Lipinski definition) is 1. The fourth-order valence-electron chi connectivity index (χ4n) is 2.95. The smallest absolute Gasteiger partial charge is 0.0601 e. The van der Waals surface area contributed by atoms with Gasteiger partial charge in [-0.25, -0.2) is 0 Å². The highest BCUT2D eigenvalue weighted by Gasteiger charge is 2.37. The molecule has 1 aliphatic rings. The van der Waals surface area contributed by atoms with Crippen molar-refractivity contribution in [2.75, 3.05) is 0 Å². The molecule has 2 atom stereocenters. The van der Waals surface area contributed by atoms with Crippen LogP contribution in [0.25, 0.3) is 0 Å². The third-order valence-electron chi connectivity index (χ3n) is 3.94. The van der Waals surface area contributed by atoms with E-state index in [1.54, 1.807) is 0 Å². The molecular formula is C13H26O. The van der Waals surface area contributed by atoms with Crippen molar-refractivity contribution in [3.63, 3.8) is 0 Å². The van der Waals surface area contributed by atoms with E-state index in [1.165, 1.54) is 12.8 Å². The third-order valence-corrected chi connectivity index (χ3v) is 3.94. The Balaban J connectivity index is 2.70. The lowest BCUT2D eigenvalue weighted by atomic mass is 9.66. The van der Waals surface area contributed by atoms with Gasteiger partial charge in [0.2, 0.25) is 0 Å². The minimum atomic E-state index is -0.0637. The van der Waals surface area contributed by atoms with E-state index in [0.29, 0.717) is 23.7 Å². The van der Waals surface area contributed by atoms with Gasteiger partial charge in [0.15, 0.2) is 0 Å². The molecular weight excluding hydrogens is 172 g/mol. The second kappa shape index (κ2) is 4.65. The van der Waals surface area contributed by atoms with Crippen molar-refractivity contribution in [2.24, 2.45) is 29.6 Å². The van der Waals surface area contributed by atoms with Gasteiger partial charge in [0, 0.05) is 0 Å². The van der Waals surface area contributed by atoms with Gasteiger partial charge in [-0.1, -0.05) is 34.6 Å². The third kappa shape index (κ3) is 2.50. The normalized spacial score (nSPS) is 39.4. The van der Waals surface area contributed by atoms with Crippen LogP contribution in [0.3, 0.4) is 0 Å². The van der Waals surface area contributed by atoms with E-state index in [2.05, 4.69) is 34.6 Å². The first-order valence-corrected chi connectivity index (χ1v) is 6.11. The van der Waals surface area contributed by atoms with Crippen molar-refractivity contribution >= 4 is 0 Å². The lowest BCUT2D eigenvalue weighted by molar-refractivity contribution is -0.0367. The summed E-state index contributed by atoms with van der Waals surface area (Å²) in [4.78, 5) is 0. The van der Waals surface area contributed by atoms with Crippen LogP contribution in [0.5, 0.6) is 0 Å².